The predicted octanol–water partition coefficient (Wildman–Crippen LogP) is 4.55. The minimum Gasteiger partial charge on any atom is -0.497 e. The van der Waals surface area contributed by atoms with Gasteiger partial charge in [-0.2, -0.15) is 0 Å². The monoisotopic (exact) mass is 358 g/mol. The smallest absolute Gasteiger partial charge is 0.336 e. The van der Waals surface area contributed by atoms with Gasteiger partial charge in [0.1, 0.15) is 5.75 Å². The highest BCUT2D eigenvalue weighted by molar-refractivity contribution is 6.24. The third-order valence-corrected chi connectivity index (χ3v) is 4.16. The van der Waals surface area contributed by atoms with Crippen molar-refractivity contribution in [3.63, 3.8) is 0 Å². The minimum absolute atomic E-state index is 0.0556. The normalized spacial score (nSPS) is 11.1. The Labute approximate surface area is 157 Å². The van der Waals surface area contributed by atoms with E-state index in [2.05, 4.69) is 0 Å². The first-order valence-corrected chi connectivity index (χ1v) is 8.38. The molecule has 0 radical (unpaired) electrons. The Morgan fingerprint density at radius 3 is 2.00 bits per heavy atom. The Morgan fingerprint density at radius 1 is 0.815 bits per heavy atom. The number of carbonyl (C=O) groups is 2. The van der Waals surface area contributed by atoms with Crippen LogP contribution < -0.4 is 4.74 Å². The van der Waals surface area contributed by atoms with Crippen molar-refractivity contribution < 1.29 is 19.4 Å². The van der Waals surface area contributed by atoms with Crippen LogP contribution in [0, 0.1) is 0 Å². The Bertz CT molecular complexity index is 986. The van der Waals surface area contributed by atoms with Crippen LogP contribution >= 0.6 is 0 Å². The zero-order chi connectivity index (χ0) is 19.2. The van der Waals surface area contributed by atoms with Crippen LogP contribution in [0.4, 0.5) is 0 Å². The summed E-state index contributed by atoms with van der Waals surface area (Å²) in [5, 5.41) is 9.76. The molecule has 0 saturated carbocycles. The molecule has 0 fully saturated rings. The number of ketones is 1. The molecular formula is C23H18O4. The Balaban J connectivity index is 2.08. The molecule has 0 aliphatic carbocycles. The molecule has 4 nitrogen and oxygen atoms in total. The van der Waals surface area contributed by atoms with Crippen LogP contribution in [0.15, 0.2) is 78.9 Å². The first-order chi connectivity index (χ1) is 13.1. The van der Waals surface area contributed by atoms with Gasteiger partial charge in [-0.05, 0) is 23.8 Å². The van der Waals surface area contributed by atoms with E-state index in [-0.39, 0.29) is 11.4 Å². The second kappa shape index (κ2) is 8.15. The molecule has 3 aromatic carbocycles. The second-order valence-electron chi connectivity index (χ2n) is 5.88. The van der Waals surface area contributed by atoms with Gasteiger partial charge in [-0.15, -0.1) is 0 Å². The molecule has 0 heterocycles. The van der Waals surface area contributed by atoms with E-state index in [1.54, 1.807) is 86.0 Å². The number of carbonyl (C=O) groups excluding carboxylic acids is 1. The molecule has 27 heavy (non-hydrogen) atoms. The van der Waals surface area contributed by atoms with Gasteiger partial charge in [0, 0.05) is 16.7 Å². The van der Waals surface area contributed by atoms with Crippen molar-refractivity contribution in [2.45, 2.75) is 0 Å². The zero-order valence-electron chi connectivity index (χ0n) is 14.8. The SMILES string of the molecule is COc1ccc(C=C(C(=O)O)c2ccccc2C(=O)c2ccccc2)cc1. The summed E-state index contributed by atoms with van der Waals surface area (Å²) in [6.07, 6.45) is 1.55. The molecule has 3 rings (SSSR count). The summed E-state index contributed by atoms with van der Waals surface area (Å²) in [4.78, 5) is 24.8. The van der Waals surface area contributed by atoms with Gasteiger partial charge in [0.2, 0.25) is 0 Å². The summed E-state index contributed by atoms with van der Waals surface area (Å²) in [5.74, 6) is -0.629. The Kier molecular flexibility index (Phi) is 5.47. The first kappa shape index (κ1) is 18.1. The van der Waals surface area contributed by atoms with Gasteiger partial charge >= 0.3 is 5.97 Å². The fourth-order valence-corrected chi connectivity index (χ4v) is 2.78. The summed E-state index contributed by atoms with van der Waals surface area (Å²) < 4.78 is 5.12. The lowest BCUT2D eigenvalue weighted by Crippen LogP contribution is -2.08. The van der Waals surface area contributed by atoms with Crippen molar-refractivity contribution in [2.75, 3.05) is 7.11 Å². The second-order valence-corrected chi connectivity index (χ2v) is 5.88. The number of carboxylic acid groups (broad SMARTS) is 1. The fourth-order valence-electron chi connectivity index (χ4n) is 2.78. The summed E-state index contributed by atoms with van der Waals surface area (Å²) in [5.41, 5.74) is 2.01. The van der Waals surface area contributed by atoms with Gasteiger partial charge < -0.3 is 9.84 Å². The molecule has 0 bridgehead atoms. The largest absolute Gasteiger partial charge is 0.497 e. The number of ether oxygens (including phenoxy) is 1. The quantitative estimate of drug-likeness (QED) is 0.399. The van der Waals surface area contributed by atoms with Crippen LogP contribution in [0.25, 0.3) is 11.6 Å². The van der Waals surface area contributed by atoms with Crippen molar-refractivity contribution in [1.29, 1.82) is 0 Å². The highest BCUT2D eigenvalue weighted by atomic mass is 16.5. The third kappa shape index (κ3) is 4.12. The number of hydrogen-bond donors (Lipinski definition) is 1. The molecule has 0 amide bonds. The van der Waals surface area contributed by atoms with Crippen molar-refractivity contribution >= 4 is 23.4 Å². The van der Waals surface area contributed by atoms with Crippen LogP contribution in [-0.4, -0.2) is 24.0 Å². The summed E-state index contributed by atoms with van der Waals surface area (Å²) in [6.45, 7) is 0. The standard InChI is InChI=1S/C23H18O4/c1-27-18-13-11-16(12-14-18)15-21(23(25)26)19-9-5-6-10-20(19)22(24)17-7-3-2-4-8-17/h2-15H,1H3,(H,25,26). The zero-order valence-corrected chi connectivity index (χ0v) is 14.8. The summed E-state index contributed by atoms with van der Waals surface area (Å²) in [7, 11) is 1.57. The summed E-state index contributed by atoms with van der Waals surface area (Å²) in [6, 6.07) is 22.6. The van der Waals surface area contributed by atoms with Crippen LogP contribution in [0.3, 0.4) is 0 Å². The van der Waals surface area contributed by atoms with Crippen LogP contribution in [0.5, 0.6) is 5.75 Å². The molecule has 134 valence electrons. The highest BCUT2D eigenvalue weighted by Crippen LogP contribution is 2.25. The van der Waals surface area contributed by atoms with Crippen LogP contribution in [0.2, 0.25) is 0 Å². The number of benzene rings is 3. The van der Waals surface area contributed by atoms with E-state index < -0.39 is 5.97 Å². The van der Waals surface area contributed by atoms with Crippen molar-refractivity contribution in [2.24, 2.45) is 0 Å². The Hall–Kier alpha value is -3.66. The van der Waals surface area contributed by atoms with E-state index in [1.807, 2.05) is 6.07 Å². The van der Waals surface area contributed by atoms with Crippen LogP contribution in [0.1, 0.15) is 27.0 Å². The lowest BCUT2D eigenvalue weighted by molar-refractivity contribution is -0.130. The van der Waals surface area contributed by atoms with Crippen molar-refractivity contribution in [1.82, 2.24) is 0 Å². The number of carboxylic acids is 1. The number of aliphatic carboxylic acids is 1. The first-order valence-electron chi connectivity index (χ1n) is 8.38. The van der Waals surface area contributed by atoms with E-state index >= 15 is 0 Å². The molecule has 0 atom stereocenters. The maximum atomic E-state index is 12.9. The fraction of sp³-hybridized carbons (Fsp3) is 0.0435. The number of methoxy groups -OCH3 is 1. The lowest BCUT2D eigenvalue weighted by atomic mass is 9.93. The van der Waals surface area contributed by atoms with E-state index in [9.17, 15) is 14.7 Å². The molecule has 0 spiro atoms. The molecule has 0 aliphatic rings. The average molecular weight is 358 g/mol. The van der Waals surface area contributed by atoms with Gasteiger partial charge in [0.25, 0.3) is 0 Å². The Morgan fingerprint density at radius 2 is 1.41 bits per heavy atom. The predicted molar refractivity (Wildman–Crippen MR) is 105 cm³/mol. The molecule has 3 aromatic rings. The molecular weight excluding hydrogens is 340 g/mol. The van der Waals surface area contributed by atoms with E-state index in [0.717, 1.165) is 0 Å². The van der Waals surface area contributed by atoms with Gasteiger partial charge in [0.15, 0.2) is 5.78 Å². The van der Waals surface area contributed by atoms with Crippen molar-refractivity contribution in [3.05, 3.63) is 101 Å². The van der Waals surface area contributed by atoms with Gasteiger partial charge in [-0.25, -0.2) is 4.79 Å². The van der Waals surface area contributed by atoms with Gasteiger partial charge in [-0.3, -0.25) is 4.79 Å². The van der Waals surface area contributed by atoms with E-state index in [0.29, 0.717) is 28.0 Å². The van der Waals surface area contributed by atoms with E-state index in [4.69, 9.17) is 4.74 Å². The number of hydrogen-bond acceptors (Lipinski definition) is 3. The third-order valence-electron chi connectivity index (χ3n) is 4.16. The van der Waals surface area contributed by atoms with Gasteiger partial charge in [0.05, 0.1) is 12.7 Å². The number of rotatable bonds is 6. The maximum absolute atomic E-state index is 12.9. The molecule has 0 saturated heterocycles. The lowest BCUT2D eigenvalue weighted by Gasteiger charge is -2.10. The summed E-state index contributed by atoms with van der Waals surface area (Å²) >= 11 is 0. The highest BCUT2D eigenvalue weighted by Gasteiger charge is 2.19. The molecule has 0 aromatic heterocycles. The molecule has 4 heteroatoms. The molecule has 0 unspecified atom stereocenters. The van der Waals surface area contributed by atoms with Crippen molar-refractivity contribution in [3.8, 4) is 5.75 Å². The van der Waals surface area contributed by atoms with Gasteiger partial charge in [-0.1, -0.05) is 66.7 Å². The molecule has 0 aliphatic heterocycles. The van der Waals surface area contributed by atoms with E-state index in [1.165, 1.54) is 0 Å². The minimum atomic E-state index is -1.10. The van der Waals surface area contributed by atoms with Crippen LogP contribution in [-0.2, 0) is 4.79 Å². The molecule has 1 N–H and O–H groups in total. The average Bonchev–Trinajstić information content (AvgIpc) is 2.72. The topological polar surface area (TPSA) is 63.6 Å². The maximum Gasteiger partial charge on any atom is 0.336 e.